The molecule has 4 rings (SSSR count). The minimum Gasteiger partial charge on any atom is -0.481 e. The maximum absolute atomic E-state index is 13.3. The lowest BCUT2D eigenvalue weighted by atomic mass is 9.81. The molecule has 1 aliphatic carbocycles. The Morgan fingerprint density at radius 2 is 1.96 bits per heavy atom. The van der Waals surface area contributed by atoms with Crippen LogP contribution in [0.5, 0.6) is 0 Å². The molecule has 0 spiro atoms. The molecule has 27 heavy (non-hydrogen) atoms. The average Bonchev–Trinajstić information content (AvgIpc) is 3.34. The number of aliphatic carboxylic acids is 1. The van der Waals surface area contributed by atoms with Crippen molar-refractivity contribution in [2.75, 3.05) is 32.7 Å². The van der Waals surface area contributed by atoms with Crippen molar-refractivity contribution in [2.45, 2.75) is 32.1 Å². The van der Waals surface area contributed by atoms with Gasteiger partial charge < -0.3 is 14.9 Å². The zero-order valence-corrected chi connectivity index (χ0v) is 15.6. The van der Waals surface area contributed by atoms with E-state index in [2.05, 4.69) is 4.90 Å². The standard InChI is InChI=1S/C21H27FN2O3/c22-18-7-3-4-15(10-18)8-9-23-11-17-12-24(14-21(17,13-23)20(26)27)19(25)16-5-1-2-6-16/h3-4,7,10,16-17H,1-2,5-6,8-9,11-14H2,(H,26,27)/t17-,21-/m1/s1. The second-order valence-electron chi connectivity index (χ2n) is 8.47. The molecule has 1 saturated carbocycles. The lowest BCUT2D eigenvalue weighted by Crippen LogP contribution is -2.43. The van der Waals surface area contributed by atoms with E-state index < -0.39 is 11.4 Å². The lowest BCUT2D eigenvalue weighted by Gasteiger charge is -2.27. The Morgan fingerprint density at radius 1 is 1.19 bits per heavy atom. The van der Waals surface area contributed by atoms with Gasteiger partial charge in [0, 0.05) is 44.6 Å². The van der Waals surface area contributed by atoms with E-state index in [0.29, 0.717) is 39.1 Å². The molecule has 0 unspecified atom stereocenters. The first-order valence-corrected chi connectivity index (χ1v) is 9.97. The van der Waals surface area contributed by atoms with Crippen LogP contribution in [0.1, 0.15) is 31.2 Å². The Kier molecular flexibility index (Phi) is 4.93. The summed E-state index contributed by atoms with van der Waals surface area (Å²) in [7, 11) is 0. The van der Waals surface area contributed by atoms with Gasteiger partial charge in [0.05, 0.1) is 0 Å². The second kappa shape index (κ2) is 7.23. The molecule has 2 aliphatic heterocycles. The molecule has 2 heterocycles. The molecule has 1 amide bonds. The molecular formula is C21H27FN2O3. The molecule has 6 heteroatoms. The van der Waals surface area contributed by atoms with Crippen molar-refractivity contribution in [2.24, 2.45) is 17.3 Å². The molecule has 0 radical (unpaired) electrons. The van der Waals surface area contributed by atoms with Crippen LogP contribution in [0.3, 0.4) is 0 Å². The minimum atomic E-state index is -0.851. The molecule has 3 fully saturated rings. The van der Waals surface area contributed by atoms with Crippen LogP contribution < -0.4 is 0 Å². The van der Waals surface area contributed by atoms with Crippen LogP contribution in [-0.4, -0.2) is 59.5 Å². The fourth-order valence-electron chi connectivity index (χ4n) is 5.22. The number of nitrogens with zero attached hydrogens (tertiary/aromatic N) is 2. The molecule has 146 valence electrons. The van der Waals surface area contributed by atoms with E-state index in [9.17, 15) is 19.1 Å². The smallest absolute Gasteiger partial charge is 0.313 e. The number of carbonyl (C=O) groups is 2. The predicted octanol–water partition coefficient (Wildman–Crippen LogP) is 2.40. The van der Waals surface area contributed by atoms with Gasteiger partial charge in [0.15, 0.2) is 0 Å². The van der Waals surface area contributed by atoms with Gasteiger partial charge in [0.25, 0.3) is 0 Å². The Hall–Kier alpha value is -1.95. The quantitative estimate of drug-likeness (QED) is 0.860. The first-order valence-electron chi connectivity index (χ1n) is 9.97. The molecule has 1 N–H and O–H groups in total. The Morgan fingerprint density at radius 3 is 2.63 bits per heavy atom. The summed E-state index contributed by atoms with van der Waals surface area (Å²) < 4.78 is 13.3. The average molecular weight is 374 g/mol. The van der Waals surface area contributed by atoms with Gasteiger partial charge in [-0.1, -0.05) is 25.0 Å². The highest BCUT2D eigenvalue weighted by molar-refractivity contribution is 5.83. The molecule has 1 aromatic rings. The highest BCUT2D eigenvalue weighted by atomic mass is 19.1. The second-order valence-corrected chi connectivity index (χ2v) is 8.47. The Bertz CT molecular complexity index is 734. The summed E-state index contributed by atoms with van der Waals surface area (Å²) in [6.07, 6.45) is 4.79. The summed E-state index contributed by atoms with van der Waals surface area (Å²) in [4.78, 5) is 28.9. The molecular weight excluding hydrogens is 347 g/mol. The number of carbonyl (C=O) groups excluding carboxylic acids is 1. The van der Waals surface area contributed by atoms with E-state index in [0.717, 1.165) is 31.2 Å². The fourth-order valence-corrected chi connectivity index (χ4v) is 5.22. The van der Waals surface area contributed by atoms with Gasteiger partial charge in [-0.3, -0.25) is 9.59 Å². The van der Waals surface area contributed by atoms with E-state index in [-0.39, 0.29) is 23.6 Å². The van der Waals surface area contributed by atoms with Crippen molar-refractivity contribution in [1.82, 2.24) is 9.80 Å². The summed E-state index contributed by atoms with van der Waals surface area (Å²) in [6.45, 7) is 2.76. The normalized spacial score (nSPS) is 28.6. The van der Waals surface area contributed by atoms with Crippen LogP contribution in [0.25, 0.3) is 0 Å². The molecule has 3 aliphatic rings. The van der Waals surface area contributed by atoms with E-state index in [1.54, 1.807) is 6.07 Å². The van der Waals surface area contributed by atoms with Gasteiger partial charge in [-0.2, -0.15) is 0 Å². The molecule has 2 atom stereocenters. The van der Waals surface area contributed by atoms with E-state index in [4.69, 9.17) is 0 Å². The van der Waals surface area contributed by atoms with Gasteiger partial charge in [0.1, 0.15) is 11.2 Å². The van der Waals surface area contributed by atoms with Crippen LogP contribution in [0.2, 0.25) is 0 Å². The van der Waals surface area contributed by atoms with Crippen molar-refractivity contribution in [3.05, 3.63) is 35.6 Å². The van der Waals surface area contributed by atoms with Crippen LogP contribution in [0, 0.1) is 23.1 Å². The van der Waals surface area contributed by atoms with E-state index in [1.807, 2.05) is 11.0 Å². The molecule has 0 aromatic heterocycles. The van der Waals surface area contributed by atoms with Gasteiger partial charge >= 0.3 is 5.97 Å². The zero-order valence-electron chi connectivity index (χ0n) is 15.6. The van der Waals surface area contributed by atoms with Gasteiger partial charge in [-0.25, -0.2) is 4.39 Å². The van der Waals surface area contributed by atoms with Crippen LogP contribution in [0.15, 0.2) is 24.3 Å². The number of carboxylic acid groups (broad SMARTS) is 1. The number of fused-ring (bicyclic) bond motifs is 1. The van der Waals surface area contributed by atoms with Gasteiger partial charge in [0.2, 0.25) is 5.91 Å². The first-order chi connectivity index (χ1) is 13.0. The number of hydrogen-bond donors (Lipinski definition) is 1. The molecule has 2 saturated heterocycles. The van der Waals surface area contributed by atoms with Crippen LogP contribution >= 0.6 is 0 Å². The highest BCUT2D eigenvalue weighted by Gasteiger charge is 2.58. The molecule has 5 nitrogen and oxygen atoms in total. The summed E-state index contributed by atoms with van der Waals surface area (Å²) in [5.41, 5.74) is 0.0744. The lowest BCUT2D eigenvalue weighted by molar-refractivity contribution is -0.149. The number of carboxylic acids is 1. The number of rotatable bonds is 5. The van der Waals surface area contributed by atoms with Crippen molar-refractivity contribution in [3.8, 4) is 0 Å². The first kappa shape index (κ1) is 18.4. The topological polar surface area (TPSA) is 60.9 Å². The number of halogens is 1. The summed E-state index contributed by atoms with van der Waals surface area (Å²) in [6, 6.07) is 6.56. The van der Waals surface area contributed by atoms with E-state index in [1.165, 1.54) is 12.1 Å². The Balaban J connectivity index is 1.40. The number of hydrogen-bond acceptors (Lipinski definition) is 3. The SMILES string of the molecule is O=C(C1CCCC1)N1C[C@H]2CN(CCc3cccc(F)c3)C[C@@]2(C(=O)O)C1. The van der Waals surface area contributed by atoms with Gasteiger partial charge in [-0.05, 0) is 37.0 Å². The van der Waals surface area contributed by atoms with E-state index >= 15 is 0 Å². The van der Waals surface area contributed by atoms with Crippen molar-refractivity contribution >= 4 is 11.9 Å². The third-order valence-electron chi connectivity index (χ3n) is 6.73. The summed E-state index contributed by atoms with van der Waals surface area (Å²) in [5, 5.41) is 9.96. The minimum absolute atomic E-state index is 0.0205. The number of likely N-dealkylation sites (tertiary alicyclic amines) is 2. The summed E-state index contributed by atoms with van der Waals surface area (Å²) >= 11 is 0. The Labute approximate surface area is 159 Å². The third kappa shape index (κ3) is 3.47. The number of benzene rings is 1. The zero-order chi connectivity index (χ0) is 19.0. The van der Waals surface area contributed by atoms with Crippen molar-refractivity contribution in [3.63, 3.8) is 0 Å². The third-order valence-corrected chi connectivity index (χ3v) is 6.73. The van der Waals surface area contributed by atoms with Crippen LogP contribution in [0.4, 0.5) is 4.39 Å². The molecule has 0 bridgehead atoms. The predicted molar refractivity (Wildman–Crippen MR) is 98.6 cm³/mol. The summed E-state index contributed by atoms with van der Waals surface area (Å²) in [5.74, 6) is -0.795. The van der Waals surface area contributed by atoms with Crippen molar-refractivity contribution in [1.29, 1.82) is 0 Å². The monoisotopic (exact) mass is 374 g/mol. The maximum Gasteiger partial charge on any atom is 0.313 e. The molecule has 1 aromatic carbocycles. The number of amides is 1. The maximum atomic E-state index is 13.3. The van der Waals surface area contributed by atoms with Crippen molar-refractivity contribution < 1.29 is 19.1 Å². The highest BCUT2D eigenvalue weighted by Crippen LogP contribution is 2.44. The van der Waals surface area contributed by atoms with Crippen LogP contribution in [-0.2, 0) is 16.0 Å². The van der Waals surface area contributed by atoms with Gasteiger partial charge in [-0.15, -0.1) is 0 Å². The largest absolute Gasteiger partial charge is 0.481 e. The fraction of sp³-hybridized carbons (Fsp3) is 0.619.